The monoisotopic (exact) mass is 325 g/mol. The van der Waals surface area contributed by atoms with Crippen LogP contribution < -0.4 is 0 Å². The predicted octanol–water partition coefficient (Wildman–Crippen LogP) is 5.35. The number of hydrogen-bond donors (Lipinski definition) is 0. The van der Waals surface area contributed by atoms with Crippen molar-refractivity contribution >= 4 is 12.0 Å². The Morgan fingerprint density at radius 3 is 2.67 bits per heavy atom. The van der Waals surface area contributed by atoms with Gasteiger partial charge >= 0.3 is 5.97 Å². The molecule has 24 heavy (non-hydrogen) atoms. The summed E-state index contributed by atoms with van der Waals surface area (Å²) in [5.41, 5.74) is 5.67. The Labute approximate surface area is 145 Å². The van der Waals surface area contributed by atoms with Gasteiger partial charge in [0, 0.05) is 6.20 Å². The van der Waals surface area contributed by atoms with Gasteiger partial charge in [-0.15, -0.1) is 0 Å². The standard InChI is InChI=1S/C21H27NO2/c1-15(8-10-18-16(2)7-6-12-21(18,3)4)13-17-9-11-19(22-14-17)20(23)24-5/h8-11,13-14H,6-7,12H2,1-5H3/b10-8+,15-13+. The van der Waals surface area contributed by atoms with Crippen molar-refractivity contribution in [3.8, 4) is 0 Å². The van der Waals surface area contributed by atoms with E-state index < -0.39 is 5.97 Å². The Hall–Kier alpha value is -2.16. The largest absolute Gasteiger partial charge is 0.464 e. The van der Waals surface area contributed by atoms with Gasteiger partial charge in [-0.05, 0) is 55.7 Å². The summed E-state index contributed by atoms with van der Waals surface area (Å²) in [4.78, 5) is 15.5. The average Bonchev–Trinajstić information content (AvgIpc) is 2.53. The third kappa shape index (κ3) is 4.44. The molecule has 0 aliphatic heterocycles. The van der Waals surface area contributed by atoms with E-state index in [-0.39, 0.29) is 5.41 Å². The third-order valence-electron chi connectivity index (χ3n) is 4.63. The van der Waals surface area contributed by atoms with Gasteiger partial charge in [0.2, 0.25) is 0 Å². The van der Waals surface area contributed by atoms with E-state index >= 15 is 0 Å². The molecule has 0 radical (unpaired) electrons. The summed E-state index contributed by atoms with van der Waals surface area (Å²) in [6, 6.07) is 3.57. The van der Waals surface area contributed by atoms with Crippen molar-refractivity contribution in [1.29, 1.82) is 0 Å². The lowest BCUT2D eigenvalue weighted by atomic mass is 9.72. The van der Waals surface area contributed by atoms with E-state index in [1.165, 1.54) is 37.5 Å². The fourth-order valence-corrected chi connectivity index (χ4v) is 3.25. The first-order valence-electron chi connectivity index (χ1n) is 8.44. The molecule has 2 rings (SSSR count). The number of allylic oxidation sites excluding steroid dienone is 5. The molecule has 0 amide bonds. The van der Waals surface area contributed by atoms with E-state index in [1.54, 1.807) is 12.3 Å². The summed E-state index contributed by atoms with van der Waals surface area (Å²) in [6.07, 6.45) is 11.9. The second-order valence-corrected chi connectivity index (χ2v) is 7.12. The van der Waals surface area contributed by atoms with E-state index in [0.717, 1.165) is 11.1 Å². The molecule has 1 aliphatic rings. The molecule has 1 aromatic heterocycles. The molecule has 1 aromatic rings. The minimum Gasteiger partial charge on any atom is -0.464 e. The van der Waals surface area contributed by atoms with Crippen LogP contribution in [0.15, 0.2) is 47.2 Å². The first kappa shape index (κ1) is 18.2. The number of pyridine rings is 1. The third-order valence-corrected chi connectivity index (χ3v) is 4.63. The molecule has 0 bridgehead atoms. The maximum atomic E-state index is 11.4. The summed E-state index contributed by atoms with van der Waals surface area (Å²) >= 11 is 0. The highest BCUT2D eigenvalue weighted by atomic mass is 16.5. The number of rotatable bonds is 4. The van der Waals surface area contributed by atoms with Crippen LogP contribution in [0.1, 0.15) is 63.0 Å². The van der Waals surface area contributed by atoms with Gasteiger partial charge < -0.3 is 4.74 Å². The Bertz CT molecular complexity index is 691. The Kier molecular flexibility index (Phi) is 5.76. The number of methoxy groups -OCH3 is 1. The molecular formula is C21H27NO2. The zero-order valence-electron chi connectivity index (χ0n) is 15.3. The van der Waals surface area contributed by atoms with Crippen LogP contribution in [-0.2, 0) is 4.74 Å². The van der Waals surface area contributed by atoms with Gasteiger partial charge in [-0.3, -0.25) is 0 Å². The van der Waals surface area contributed by atoms with Crippen LogP contribution in [0.5, 0.6) is 0 Å². The lowest BCUT2D eigenvalue weighted by Gasteiger charge is -2.32. The number of carbonyl (C=O) groups is 1. The minimum absolute atomic E-state index is 0.253. The molecular weight excluding hydrogens is 298 g/mol. The fraction of sp³-hybridized carbons (Fsp3) is 0.429. The molecule has 0 spiro atoms. The molecule has 128 valence electrons. The summed E-state index contributed by atoms with van der Waals surface area (Å²) in [7, 11) is 1.36. The van der Waals surface area contributed by atoms with E-state index in [4.69, 9.17) is 0 Å². The quantitative estimate of drug-likeness (QED) is 0.553. The summed E-state index contributed by atoms with van der Waals surface area (Å²) in [6.45, 7) is 8.97. The van der Waals surface area contributed by atoms with Crippen molar-refractivity contribution in [2.45, 2.75) is 47.0 Å². The highest BCUT2D eigenvalue weighted by Crippen LogP contribution is 2.40. The van der Waals surface area contributed by atoms with Gasteiger partial charge in [0.1, 0.15) is 5.69 Å². The van der Waals surface area contributed by atoms with Crippen molar-refractivity contribution in [1.82, 2.24) is 4.98 Å². The summed E-state index contributed by atoms with van der Waals surface area (Å²) in [5, 5.41) is 0. The summed E-state index contributed by atoms with van der Waals surface area (Å²) < 4.78 is 4.66. The molecule has 0 saturated heterocycles. The molecule has 1 aliphatic carbocycles. The zero-order valence-corrected chi connectivity index (χ0v) is 15.3. The van der Waals surface area contributed by atoms with Crippen molar-refractivity contribution in [2.24, 2.45) is 5.41 Å². The van der Waals surface area contributed by atoms with Crippen LogP contribution in [0.2, 0.25) is 0 Å². The fourth-order valence-electron chi connectivity index (χ4n) is 3.25. The van der Waals surface area contributed by atoms with Crippen LogP contribution in [0.3, 0.4) is 0 Å². The highest BCUT2D eigenvalue weighted by molar-refractivity contribution is 5.87. The lowest BCUT2D eigenvalue weighted by Crippen LogP contribution is -2.19. The molecule has 0 saturated carbocycles. The van der Waals surface area contributed by atoms with Crippen LogP contribution in [0.4, 0.5) is 0 Å². The summed E-state index contributed by atoms with van der Waals surface area (Å²) in [5.74, 6) is -0.413. The number of ether oxygens (including phenoxy) is 1. The van der Waals surface area contributed by atoms with Crippen LogP contribution in [0.25, 0.3) is 6.08 Å². The minimum atomic E-state index is -0.413. The van der Waals surface area contributed by atoms with Gasteiger partial charge in [-0.1, -0.05) is 49.3 Å². The number of esters is 1. The predicted molar refractivity (Wildman–Crippen MR) is 98.7 cm³/mol. The van der Waals surface area contributed by atoms with Crippen LogP contribution in [0, 0.1) is 5.41 Å². The normalized spacial score (nSPS) is 18.1. The van der Waals surface area contributed by atoms with Gasteiger partial charge in [-0.2, -0.15) is 0 Å². The molecule has 0 atom stereocenters. The van der Waals surface area contributed by atoms with E-state index in [1.807, 2.05) is 6.07 Å². The maximum absolute atomic E-state index is 11.4. The second-order valence-electron chi connectivity index (χ2n) is 7.12. The van der Waals surface area contributed by atoms with Crippen LogP contribution >= 0.6 is 0 Å². The van der Waals surface area contributed by atoms with E-state index in [2.05, 4.69) is 55.6 Å². The molecule has 0 fully saturated rings. The van der Waals surface area contributed by atoms with Crippen molar-refractivity contribution in [2.75, 3.05) is 7.11 Å². The number of hydrogen-bond acceptors (Lipinski definition) is 3. The van der Waals surface area contributed by atoms with Gasteiger partial charge in [0.05, 0.1) is 7.11 Å². The van der Waals surface area contributed by atoms with E-state index in [9.17, 15) is 4.79 Å². The van der Waals surface area contributed by atoms with Crippen molar-refractivity contribution < 1.29 is 9.53 Å². The lowest BCUT2D eigenvalue weighted by molar-refractivity contribution is 0.0594. The molecule has 3 heteroatoms. The van der Waals surface area contributed by atoms with Crippen molar-refractivity contribution in [3.05, 3.63) is 58.5 Å². The molecule has 1 heterocycles. The maximum Gasteiger partial charge on any atom is 0.356 e. The topological polar surface area (TPSA) is 39.2 Å². The number of nitrogens with zero attached hydrogens (tertiary/aromatic N) is 1. The molecule has 0 unspecified atom stereocenters. The Balaban J connectivity index is 2.15. The van der Waals surface area contributed by atoms with Gasteiger partial charge in [0.15, 0.2) is 0 Å². The zero-order chi connectivity index (χ0) is 17.7. The first-order chi connectivity index (χ1) is 11.3. The number of aromatic nitrogens is 1. The second kappa shape index (κ2) is 7.61. The first-order valence-corrected chi connectivity index (χ1v) is 8.44. The number of carbonyl (C=O) groups excluding carboxylic acids is 1. The van der Waals surface area contributed by atoms with Crippen LogP contribution in [-0.4, -0.2) is 18.1 Å². The van der Waals surface area contributed by atoms with Gasteiger partial charge in [0.25, 0.3) is 0 Å². The average molecular weight is 325 g/mol. The highest BCUT2D eigenvalue weighted by Gasteiger charge is 2.26. The smallest absolute Gasteiger partial charge is 0.356 e. The Morgan fingerprint density at radius 2 is 2.08 bits per heavy atom. The molecule has 0 N–H and O–H groups in total. The molecule has 3 nitrogen and oxygen atoms in total. The van der Waals surface area contributed by atoms with Crippen molar-refractivity contribution in [3.63, 3.8) is 0 Å². The van der Waals surface area contributed by atoms with Gasteiger partial charge in [-0.25, -0.2) is 9.78 Å². The molecule has 0 aromatic carbocycles. The SMILES string of the molecule is COC(=O)c1ccc(/C=C(C)/C=C/C2=C(C)CCCC2(C)C)cn1. The Morgan fingerprint density at radius 1 is 1.33 bits per heavy atom. The van der Waals surface area contributed by atoms with E-state index in [0.29, 0.717) is 5.69 Å².